The minimum Gasteiger partial charge on any atom is -0.481 e. The number of carboxylic acid groups (broad SMARTS) is 1. The summed E-state index contributed by atoms with van der Waals surface area (Å²) in [5.74, 6) is 0.867. The van der Waals surface area contributed by atoms with Gasteiger partial charge in [0.1, 0.15) is 0 Å². The third kappa shape index (κ3) is 22.6. The Morgan fingerprint density at radius 1 is 0.531 bits per heavy atom. The standard InChI is InChI=1S/C29H58O3/c1-3-5-7-8-9-10-14-22-28(24-25-29(31)32)23-16-12-11-15-20-27(19-6-4-2)21-17-13-18-26-30/h27-28,30H,3-26H2,1-2H3,(H,31,32). The highest BCUT2D eigenvalue weighted by Crippen LogP contribution is 2.25. The average molecular weight is 455 g/mol. The van der Waals surface area contributed by atoms with E-state index in [1.54, 1.807) is 0 Å². The van der Waals surface area contributed by atoms with Crippen molar-refractivity contribution in [3.8, 4) is 0 Å². The third-order valence-electron chi connectivity index (χ3n) is 7.19. The molecule has 2 N–H and O–H groups in total. The van der Waals surface area contributed by atoms with E-state index in [1.807, 2.05) is 0 Å². The predicted molar refractivity (Wildman–Crippen MR) is 139 cm³/mol. The first kappa shape index (κ1) is 31.4. The van der Waals surface area contributed by atoms with Crippen LogP contribution in [0.1, 0.15) is 162 Å². The Balaban J connectivity index is 3.98. The van der Waals surface area contributed by atoms with Gasteiger partial charge in [-0.05, 0) is 24.7 Å². The summed E-state index contributed by atoms with van der Waals surface area (Å²) in [5.41, 5.74) is 0. The Bertz CT molecular complexity index is 383. The number of aliphatic carboxylic acids is 1. The third-order valence-corrected chi connectivity index (χ3v) is 7.19. The van der Waals surface area contributed by atoms with E-state index in [4.69, 9.17) is 10.2 Å². The highest BCUT2D eigenvalue weighted by molar-refractivity contribution is 5.66. The molecule has 0 aliphatic carbocycles. The molecule has 0 amide bonds. The van der Waals surface area contributed by atoms with Gasteiger partial charge in [0, 0.05) is 13.0 Å². The topological polar surface area (TPSA) is 57.5 Å². The predicted octanol–water partition coefficient (Wildman–Crippen LogP) is 9.31. The van der Waals surface area contributed by atoms with Crippen LogP contribution in [0.4, 0.5) is 0 Å². The van der Waals surface area contributed by atoms with E-state index < -0.39 is 5.97 Å². The van der Waals surface area contributed by atoms with E-state index >= 15 is 0 Å². The Morgan fingerprint density at radius 2 is 0.906 bits per heavy atom. The van der Waals surface area contributed by atoms with Crippen LogP contribution in [0.5, 0.6) is 0 Å². The number of aliphatic hydroxyl groups is 1. The van der Waals surface area contributed by atoms with E-state index in [0.717, 1.165) is 18.8 Å². The van der Waals surface area contributed by atoms with Gasteiger partial charge in [0.15, 0.2) is 0 Å². The molecule has 0 aliphatic rings. The first-order valence-corrected chi connectivity index (χ1v) is 14.5. The van der Waals surface area contributed by atoms with Gasteiger partial charge in [-0.25, -0.2) is 0 Å². The summed E-state index contributed by atoms with van der Waals surface area (Å²) in [6, 6.07) is 0. The van der Waals surface area contributed by atoms with Crippen LogP contribution >= 0.6 is 0 Å². The van der Waals surface area contributed by atoms with Crippen molar-refractivity contribution < 1.29 is 15.0 Å². The summed E-state index contributed by atoms with van der Waals surface area (Å²) < 4.78 is 0. The van der Waals surface area contributed by atoms with E-state index in [-0.39, 0.29) is 0 Å². The first-order valence-electron chi connectivity index (χ1n) is 14.5. The van der Waals surface area contributed by atoms with Crippen LogP contribution < -0.4 is 0 Å². The van der Waals surface area contributed by atoms with Gasteiger partial charge in [-0.15, -0.1) is 0 Å². The molecule has 0 aromatic carbocycles. The van der Waals surface area contributed by atoms with Crippen LogP contribution in [0, 0.1) is 11.8 Å². The summed E-state index contributed by atoms with van der Waals surface area (Å²) in [6.07, 6.45) is 28.5. The molecule has 0 aromatic rings. The van der Waals surface area contributed by atoms with Gasteiger partial charge in [-0.1, -0.05) is 142 Å². The van der Waals surface area contributed by atoms with Crippen molar-refractivity contribution in [1.29, 1.82) is 0 Å². The SMILES string of the molecule is CCCCCCCCCC(CCCCCCC(CCCC)CCCCCO)CCC(=O)O. The highest BCUT2D eigenvalue weighted by Gasteiger charge is 2.12. The molecule has 0 radical (unpaired) electrons. The Morgan fingerprint density at radius 3 is 1.34 bits per heavy atom. The monoisotopic (exact) mass is 454 g/mol. The fourth-order valence-electron chi connectivity index (χ4n) is 5.02. The van der Waals surface area contributed by atoms with Gasteiger partial charge in [0.2, 0.25) is 0 Å². The molecular formula is C29H58O3. The lowest BCUT2D eigenvalue weighted by Crippen LogP contribution is -2.05. The molecule has 0 rings (SSSR count). The van der Waals surface area contributed by atoms with Gasteiger partial charge >= 0.3 is 5.97 Å². The van der Waals surface area contributed by atoms with Crippen LogP contribution in [0.2, 0.25) is 0 Å². The maximum atomic E-state index is 11.0. The maximum Gasteiger partial charge on any atom is 0.303 e. The Hall–Kier alpha value is -0.570. The molecule has 0 saturated heterocycles. The Labute approximate surface area is 201 Å². The summed E-state index contributed by atoms with van der Waals surface area (Å²) in [5, 5.41) is 18.1. The summed E-state index contributed by atoms with van der Waals surface area (Å²) in [7, 11) is 0. The molecule has 3 nitrogen and oxygen atoms in total. The molecule has 32 heavy (non-hydrogen) atoms. The van der Waals surface area contributed by atoms with Gasteiger partial charge < -0.3 is 10.2 Å². The quantitative estimate of drug-likeness (QED) is 0.128. The number of carboxylic acids is 1. The molecule has 0 bridgehead atoms. The fourth-order valence-corrected chi connectivity index (χ4v) is 5.02. The molecule has 0 heterocycles. The van der Waals surface area contributed by atoms with Crippen molar-refractivity contribution in [3.63, 3.8) is 0 Å². The molecule has 3 heteroatoms. The lowest BCUT2D eigenvalue weighted by atomic mass is 9.89. The number of hydrogen-bond donors (Lipinski definition) is 2. The van der Waals surface area contributed by atoms with Crippen LogP contribution in [0.15, 0.2) is 0 Å². The number of unbranched alkanes of at least 4 members (excludes halogenated alkanes) is 12. The molecule has 0 saturated carbocycles. The summed E-state index contributed by atoms with van der Waals surface area (Å²) >= 11 is 0. The van der Waals surface area contributed by atoms with Crippen molar-refractivity contribution in [2.24, 2.45) is 11.8 Å². The van der Waals surface area contributed by atoms with Crippen LogP contribution in [0.3, 0.4) is 0 Å². The fraction of sp³-hybridized carbons (Fsp3) is 0.966. The van der Waals surface area contributed by atoms with Gasteiger partial charge in [-0.3, -0.25) is 4.79 Å². The van der Waals surface area contributed by atoms with E-state index in [2.05, 4.69) is 13.8 Å². The van der Waals surface area contributed by atoms with E-state index in [0.29, 0.717) is 18.9 Å². The Kier molecular flexibility index (Phi) is 24.6. The molecule has 192 valence electrons. The molecule has 0 fully saturated rings. The molecule has 0 aromatic heterocycles. The zero-order valence-corrected chi connectivity index (χ0v) is 21.9. The van der Waals surface area contributed by atoms with Gasteiger partial charge in [-0.2, -0.15) is 0 Å². The average Bonchev–Trinajstić information content (AvgIpc) is 2.78. The molecule has 0 spiro atoms. The number of carbonyl (C=O) groups is 1. The second kappa shape index (κ2) is 25.1. The van der Waals surface area contributed by atoms with Crippen molar-refractivity contribution in [2.45, 2.75) is 162 Å². The molecule has 2 atom stereocenters. The largest absolute Gasteiger partial charge is 0.481 e. The second-order valence-corrected chi connectivity index (χ2v) is 10.3. The minimum atomic E-state index is -0.633. The van der Waals surface area contributed by atoms with Crippen LogP contribution in [-0.4, -0.2) is 22.8 Å². The normalized spacial score (nSPS) is 13.3. The number of aliphatic hydroxyl groups excluding tert-OH is 1. The highest BCUT2D eigenvalue weighted by atomic mass is 16.4. The van der Waals surface area contributed by atoms with Gasteiger partial charge in [0.25, 0.3) is 0 Å². The molecular weight excluding hydrogens is 396 g/mol. The minimum absolute atomic E-state index is 0.339. The molecule has 2 unspecified atom stereocenters. The second-order valence-electron chi connectivity index (χ2n) is 10.3. The van der Waals surface area contributed by atoms with Crippen molar-refractivity contribution in [2.75, 3.05) is 6.61 Å². The van der Waals surface area contributed by atoms with Crippen molar-refractivity contribution >= 4 is 5.97 Å². The number of rotatable bonds is 26. The maximum absolute atomic E-state index is 11.0. The number of hydrogen-bond acceptors (Lipinski definition) is 2. The van der Waals surface area contributed by atoms with Crippen molar-refractivity contribution in [3.05, 3.63) is 0 Å². The van der Waals surface area contributed by atoms with Crippen molar-refractivity contribution in [1.82, 2.24) is 0 Å². The first-order chi connectivity index (χ1) is 15.6. The lowest BCUT2D eigenvalue weighted by Gasteiger charge is -2.17. The smallest absolute Gasteiger partial charge is 0.303 e. The van der Waals surface area contributed by atoms with E-state index in [1.165, 1.54) is 128 Å². The van der Waals surface area contributed by atoms with Crippen LogP contribution in [-0.2, 0) is 4.79 Å². The van der Waals surface area contributed by atoms with E-state index in [9.17, 15) is 4.79 Å². The zero-order chi connectivity index (χ0) is 23.7. The van der Waals surface area contributed by atoms with Crippen LogP contribution in [0.25, 0.3) is 0 Å². The summed E-state index contributed by atoms with van der Waals surface area (Å²) in [4.78, 5) is 11.0. The van der Waals surface area contributed by atoms with Gasteiger partial charge in [0.05, 0.1) is 0 Å². The lowest BCUT2D eigenvalue weighted by molar-refractivity contribution is -0.137. The summed E-state index contributed by atoms with van der Waals surface area (Å²) in [6.45, 7) is 4.89. The zero-order valence-electron chi connectivity index (χ0n) is 21.9. The molecule has 0 aliphatic heterocycles.